The highest BCUT2D eigenvalue weighted by molar-refractivity contribution is 5.87. The summed E-state index contributed by atoms with van der Waals surface area (Å²) < 4.78 is 1.11. The fourth-order valence-corrected chi connectivity index (χ4v) is 1.04. The number of carboxylic acids is 1. The average Bonchev–Trinajstić information content (AvgIpc) is 2.68. The highest BCUT2D eigenvalue weighted by atomic mass is 16.4. The van der Waals surface area contributed by atoms with Gasteiger partial charge in [0, 0.05) is 0 Å². The minimum atomic E-state index is -1.35. The first-order chi connectivity index (χ1) is 7.99. The van der Waals surface area contributed by atoms with Crippen LogP contribution in [-0.2, 0) is 20.9 Å². The Morgan fingerprint density at radius 3 is 2.65 bits per heavy atom. The van der Waals surface area contributed by atoms with Crippen molar-refractivity contribution >= 4 is 17.8 Å². The molecule has 0 saturated carbocycles. The first-order valence-corrected chi connectivity index (χ1v) is 4.50. The summed E-state index contributed by atoms with van der Waals surface area (Å²) in [4.78, 5) is 32.6. The normalized spacial score (nSPS) is 11.8. The van der Waals surface area contributed by atoms with Crippen LogP contribution in [0, 0.1) is 0 Å². The number of hydrogen-bond donors (Lipinski definition) is 3. The topological polar surface area (TPSA) is 153 Å². The third kappa shape index (κ3) is 4.24. The minimum Gasteiger partial charge on any atom is -0.480 e. The quantitative estimate of drug-likeness (QED) is 0.484. The number of tetrazole rings is 1. The summed E-state index contributed by atoms with van der Waals surface area (Å²) in [5, 5.41) is 20.9. The number of amides is 2. The molecule has 1 heterocycles. The lowest BCUT2D eigenvalue weighted by atomic mass is 10.2. The van der Waals surface area contributed by atoms with Crippen molar-refractivity contribution in [2.75, 3.05) is 0 Å². The number of aliphatic carboxylic acids is 1. The van der Waals surface area contributed by atoms with E-state index in [9.17, 15) is 14.4 Å². The molecule has 0 aliphatic carbocycles. The molecule has 10 heteroatoms. The molecule has 1 unspecified atom stereocenters. The molecular weight excluding hydrogens is 232 g/mol. The summed E-state index contributed by atoms with van der Waals surface area (Å²) in [5.74, 6) is -2.79. The lowest BCUT2D eigenvalue weighted by Crippen LogP contribution is -2.44. The van der Waals surface area contributed by atoms with Crippen LogP contribution in [0.25, 0.3) is 0 Å². The molecule has 0 aliphatic rings. The van der Waals surface area contributed by atoms with E-state index in [0.717, 1.165) is 4.68 Å². The van der Waals surface area contributed by atoms with Gasteiger partial charge < -0.3 is 16.2 Å². The van der Waals surface area contributed by atoms with Gasteiger partial charge in [-0.25, -0.2) is 9.48 Å². The molecule has 1 atom stereocenters. The van der Waals surface area contributed by atoms with E-state index in [1.54, 1.807) is 0 Å². The van der Waals surface area contributed by atoms with Crippen molar-refractivity contribution in [3.05, 3.63) is 6.33 Å². The van der Waals surface area contributed by atoms with E-state index >= 15 is 0 Å². The molecule has 1 aromatic heterocycles. The Morgan fingerprint density at radius 1 is 1.47 bits per heavy atom. The number of aromatic nitrogens is 4. The Balaban J connectivity index is 2.52. The Kier molecular flexibility index (Phi) is 4.08. The molecule has 2 amide bonds. The minimum absolute atomic E-state index is 0.241. The summed E-state index contributed by atoms with van der Waals surface area (Å²) in [6.45, 7) is -0.241. The smallest absolute Gasteiger partial charge is 0.326 e. The standard InChI is InChI=1S/C7H10N6O4/c8-5(14)1-4(7(16)17)10-6(15)2-13-3-9-11-12-13/h3-4H,1-2H2,(H2,8,14)(H,10,15)(H,16,17). The molecule has 0 radical (unpaired) electrons. The molecule has 17 heavy (non-hydrogen) atoms. The Bertz CT molecular complexity index is 416. The van der Waals surface area contributed by atoms with Crippen LogP contribution in [0.3, 0.4) is 0 Å². The molecule has 1 aromatic rings. The zero-order chi connectivity index (χ0) is 12.8. The highest BCUT2D eigenvalue weighted by Gasteiger charge is 2.22. The lowest BCUT2D eigenvalue weighted by Gasteiger charge is -2.12. The van der Waals surface area contributed by atoms with E-state index < -0.39 is 30.2 Å². The van der Waals surface area contributed by atoms with Gasteiger partial charge in [-0.2, -0.15) is 0 Å². The summed E-state index contributed by atoms with van der Waals surface area (Å²) in [5.41, 5.74) is 4.85. The van der Waals surface area contributed by atoms with Crippen LogP contribution in [0.2, 0.25) is 0 Å². The molecule has 0 fully saturated rings. The van der Waals surface area contributed by atoms with Gasteiger partial charge in [-0.3, -0.25) is 9.59 Å². The predicted octanol–water partition coefficient (Wildman–Crippen LogP) is -2.88. The highest BCUT2D eigenvalue weighted by Crippen LogP contribution is 1.92. The third-order valence-electron chi connectivity index (χ3n) is 1.74. The number of carboxylic acid groups (broad SMARTS) is 1. The number of primary amides is 1. The van der Waals surface area contributed by atoms with Crippen molar-refractivity contribution < 1.29 is 19.5 Å². The van der Waals surface area contributed by atoms with E-state index in [1.165, 1.54) is 6.33 Å². The molecule has 0 aromatic carbocycles. The molecule has 4 N–H and O–H groups in total. The van der Waals surface area contributed by atoms with Gasteiger partial charge in [-0.1, -0.05) is 0 Å². The molecule has 10 nitrogen and oxygen atoms in total. The number of carbonyl (C=O) groups is 3. The van der Waals surface area contributed by atoms with Crippen molar-refractivity contribution in [3.63, 3.8) is 0 Å². The van der Waals surface area contributed by atoms with Gasteiger partial charge in [0.2, 0.25) is 11.8 Å². The first kappa shape index (κ1) is 12.5. The van der Waals surface area contributed by atoms with Crippen LogP contribution in [0.15, 0.2) is 6.33 Å². The second-order valence-electron chi connectivity index (χ2n) is 3.14. The third-order valence-corrected chi connectivity index (χ3v) is 1.74. The first-order valence-electron chi connectivity index (χ1n) is 4.50. The molecule has 0 aliphatic heterocycles. The van der Waals surface area contributed by atoms with E-state index in [-0.39, 0.29) is 6.54 Å². The van der Waals surface area contributed by atoms with Crippen LogP contribution in [-0.4, -0.2) is 49.1 Å². The van der Waals surface area contributed by atoms with Gasteiger partial charge in [0.25, 0.3) is 0 Å². The number of nitrogens with two attached hydrogens (primary N) is 1. The molecule has 0 saturated heterocycles. The van der Waals surface area contributed by atoms with Crippen molar-refractivity contribution in [2.24, 2.45) is 5.73 Å². The van der Waals surface area contributed by atoms with Crippen molar-refractivity contribution in [2.45, 2.75) is 19.0 Å². The summed E-state index contributed by atoms with van der Waals surface area (Å²) in [7, 11) is 0. The van der Waals surface area contributed by atoms with Gasteiger partial charge >= 0.3 is 5.97 Å². The molecular formula is C7H10N6O4. The van der Waals surface area contributed by atoms with Crippen LogP contribution in [0.4, 0.5) is 0 Å². The van der Waals surface area contributed by atoms with E-state index in [0.29, 0.717) is 0 Å². The van der Waals surface area contributed by atoms with Crippen molar-refractivity contribution in [1.82, 2.24) is 25.5 Å². The summed E-state index contributed by atoms with van der Waals surface area (Å²) in [6.07, 6.45) is 0.722. The van der Waals surface area contributed by atoms with Gasteiger partial charge in [0.05, 0.1) is 6.42 Å². The van der Waals surface area contributed by atoms with Gasteiger partial charge in [0.1, 0.15) is 18.9 Å². The fraction of sp³-hybridized carbons (Fsp3) is 0.429. The van der Waals surface area contributed by atoms with Gasteiger partial charge in [-0.05, 0) is 10.4 Å². The number of nitrogens with zero attached hydrogens (tertiary/aromatic N) is 4. The molecule has 0 spiro atoms. The number of nitrogens with one attached hydrogen (secondary N) is 1. The Hall–Kier alpha value is -2.52. The summed E-state index contributed by atoms with van der Waals surface area (Å²) >= 11 is 0. The molecule has 92 valence electrons. The largest absolute Gasteiger partial charge is 0.480 e. The summed E-state index contributed by atoms with van der Waals surface area (Å²) in [6, 6.07) is -1.35. The number of carbonyl (C=O) groups excluding carboxylic acids is 2. The lowest BCUT2D eigenvalue weighted by molar-refractivity contribution is -0.143. The number of hydrogen-bond acceptors (Lipinski definition) is 6. The fourth-order valence-electron chi connectivity index (χ4n) is 1.04. The molecule has 1 rings (SSSR count). The van der Waals surface area contributed by atoms with Crippen LogP contribution < -0.4 is 11.1 Å². The van der Waals surface area contributed by atoms with Crippen molar-refractivity contribution in [1.29, 1.82) is 0 Å². The zero-order valence-electron chi connectivity index (χ0n) is 8.61. The van der Waals surface area contributed by atoms with Crippen LogP contribution in [0.1, 0.15) is 6.42 Å². The average molecular weight is 242 g/mol. The van der Waals surface area contributed by atoms with Crippen LogP contribution in [0.5, 0.6) is 0 Å². The van der Waals surface area contributed by atoms with E-state index in [4.69, 9.17) is 10.8 Å². The van der Waals surface area contributed by atoms with E-state index in [2.05, 4.69) is 20.8 Å². The van der Waals surface area contributed by atoms with Crippen molar-refractivity contribution in [3.8, 4) is 0 Å². The second kappa shape index (κ2) is 5.53. The maximum absolute atomic E-state index is 11.4. The number of rotatable bonds is 6. The second-order valence-corrected chi connectivity index (χ2v) is 3.14. The molecule has 0 bridgehead atoms. The van der Waals surface area contributed by atoms with Crippen LogP contribution >= 0.6 is 0 Å². The predicted molar refractivity (Wildman–Crippen MR) is 51.2 cm³/mol. The maximum Gasteiger partial charge on any atom is 0.326 e. The van der Waals surface area contributed by atoms with Gasteiger partial charge in [-0.15, -0.1) is 5.10 Å². The Labute approximate surface area is 94.8 Å². The Morgan fingerprint density at radius 2 is 2.18 bits per heavy atom. The van der Waals surface area contributed by atoms with E-state index in [1.807, 2.05) is 0 Å². The maximum atomic E-state index is 11.4. The zero-order valence-corrected chi connectivity index (χ0v) is 8.61. The van der Waals surface area contributed by atoms with Gasteiger partial charge in [0.15, 0.2) is 0 Å². The SMILES string of the molecule is NC(=O)CC(NC(=O)Cn1cnnn1)C(=O)O. The monoisotopic (exact) mass is 242 g/mol.